The molecular weight excluding hydrogens is 184 g/mol. The fourth-order valence-corrected chi connectivity index (χ4v) is 0.772. The monoisotopic (exact) mass is 206 g/mol. The summed E-state index contributed by atoms with van der Waals surface area (Å²) in [6.45, 7) is 11.1. The second kappa shape index (κ2) is 12.0. The van der Waals surface area contributed by atoms with Gasteiger partial charge in [0.25, 0.3) is 0 Å². The van der Waals surface area contributed by atoms with Gasteiger partial charge in [-0.15, -0.1) is 5.01 Å². The maximum Gasteiger partial charge on any atom is 0.230 e. The van der Waals surface area contributed by atoms with Crippen molar-refractivity contribution in [3.63, 3.8) is 0 Å². The van der Waals surface area contributed by atoms with Crippen LogP contribution in [-0.2, 0) is 0 Å². The normalized spacial score (nSPS) is 10.4. The molecule has 0 saturated heterocycles. The van der Waals surface area contributed by atoms with Crippen molar-refractivity contribution in [1.82, 2.24) is 10.3 Å². The largest absolute Gasteiger partial charge is 0.569 e. The Morgan fingerprint density at radius 1 is 1.21 bits per heavy atom. The third-order valence-electron chi connectivity index (χ3n) is 1.55. The number of nitrogens with one attached hydrogen (secondary N) is 1. The van der Waals surface area contributed by atoms with Gasteiger partial charge in [-0.05, 0) is 26.9 Å². The molecule has 0 unspecified atom stereocenters. The highest BCUT2D eigenvalue weighted by Crippen LogP contribution is 1.86. The summed E-state index contributed by atoms with van der Waals surface area (Å²) in [5.41, 5.74) is 0. The van der Waals surface area contributed by atoms with Crippen molar-refractivity contribution < 1.29 is 10.2 Å². The van der Waals surface area contributed by atoms with Crippen LogP contribution in [0.25, 0.3) is 0 Å². The van der Waals surface area contributed by atoms with Crippen LogP contribution in [0.1, 0.15) is 27.7 Å². The lowest BCUT2D eigenvalue weighted by molar-refractivity contribution is -0.708. The van der Waals surface area contributed by atoms with Crippen LogP contribution in [0.2, 0.25) is 0 Å². The van der Waals surface area contributed by atoms with Gasteiger partial charge in [0.15, 0.2) is 0 Å². The first kappa shape index (κ1) is 15.4. The number of nitrogens with zero attached hydrogens (tertiary/aromatic N) is 3. The molecule has 86 valence electrons. The maximum absolute atomic E-state index is 10.4. The van der Waals surface area contributed by atoms with E-state index < -0.39 is 0 Å². The third kappa shape index (κ3) is 9.05. The van der Waals surface area contributed by atoms with Crippen molar-refractivity contribution >= 4 is 0 Å². The molecule has 0 aliphatic heterocycles. The second-order valence-corrected chi connectivity index (χ2v) is 2.44. The number of hydrazine groups is 1. The van der Waals surface area contributed by atoms with E-state index >= 15 is 0 Å². The molecule has 0 atom stereocenters. The van der Waals surface area contributed by atoms with E-state index in [4.69, 9.17) is 5.21 Å². The van der Waals surface area contributed by atoms with Gasteiger partial charge in [-0.3, -0.25) is 0 Å². The zero-order valence-corrected chi connectivity index (χ0v) is 9.53. The highest BCUT2D eigenvalue weighted by atomic mass is 16.6. The lowest BCUT2D eigenvalue weighted by atomic mass is 10.6. The average Bonchev–Trinajstić information content (AvgIpc) is 2.21. The molecule has 0 bridgehead atoms. The molecule has 0 heterocycles. The molecule has 0 fully saturated rings. The van der Waals surface area contributed by atoms with Gasteiger partial charge in [-0.1, -0.05) is 13.8 Å². The second-order valence-electron chi connectivity index (χ2n) is 2.44. The Kier molecular flexibility index (Phi) is 13.2. The molecule has 0 rings (SSSR count). The van der Waals surface area contributed by atoms with Crippen LogP contribution in [0.4, 0.5) is 0 Å². The first-order valence-electron chi connectivity index (χ1n) is 4.95. The summed E-state index contributed by atoms with van der Waals surface area (Å²) in [5, 5.41) is 25.2. The third-order valence-corrected chi connectivity index (χ3v) is 1.55. The lowest BCUT2D eigenvalue weighted by Gasteiger charge is -2.11. The molecule has 2 N–H and O–H groups in total. The Bertz CT molecular complexity index is 135. The van der Waals surface area contributed by atoms with Crippen molar-refractivity contribution in [2.45, 2.75) is 27.7 Å². The number of hydrogen-bond donors (Lipinski definition) is 2. The SMILES string of the molecule is CCN(CC)/[N+]([O-])=N\O.CCNCC. The van der Waals surface area contributed by atoms with E-state index in [1.807, 2.05) is 0 Å². The van der Waals surface area contributed by atoms with Crippen LogP contribution in [0, 0.1) is 5.21 Å². The van der Waals surface area contributed by atoms with Gasteiger partial charge in [0.2, 0.25) is 5.28 Å². The van der Waals surface area contributed by atoms with Gasteiger partial charge in [0.1, 0.15) is 0 Å². The van der Waals surface area contributed by atoms with Gasteiger partial charge in [-0.25, -0.2) is 0 Å². The Hall–Kier alpha value is -1.04. The zero-order chi connectivity index (χ0) is 11.4. The predicted molar refractivity (Wildman–Crippen MR) is 55.0 cm³/mol. The van der Waals surface area contributed by atoms with E-state index in [9.17, 15) is 5.21 Å². The van der Waals surface area contributed by atoms with E-state index in [1.165, 1.54) is 5.01 Å². The smallest absolute Gasteiger partial charge is 0.230 e. The van der Waals surface area contributed by atoms with Crippen LogP contribution in [0.5, 0.6) is 0 Å². The summed E-state index contributed by atoms with van der Waals surface area (Å²) >= 11 is 0. The summed E-state index contributed by atoms with van der Waals surface area (Å²) in [5.74, 6) is 0. The van der Waals surface area contributed by atoms with E-state index in [0.717, 1.165) is 13.1 Å². The predicted octanol–water partition coefficient (Wildman–Crippen LogP) is 1.21. The molecule has 0 spiro atoms. The topological polar surface area (TPSA) is 73.9 Å². The average molecular weight is 206 g/mol. The molecular formula is C8H22N4O2. The fourth-order valence-electron chi connectivity index (χ4n) is 0.772. The van der Waals surface area contributed by atoms with Gasteiger partial charge in [0, 0.05) is 0 Å². The summed E-state index contributed by atoms with van der Waals surface area (Å²) in [6, 6.07) is 0. The molecule has 6 heteroatoms. The molecule has 0 saturated carbocycles. The van der Waals surface area contributed by atoms with Gasteiger partial charge in [0.05, 0.1) is 18.1 Å². The van der Waals surface area contributed by atoms with Gasteiger partial charge in [-0.2, -0.15) is 0 Å². The summed E-state index contributed by atoms with van der Waals surface area (Å²) in [6.07, 6.45) is 0. The minimum atomic E-state index is 0.167. The molecule has 0 amide bonds. The first-order valence-corrected chi connectivity index (χ1v) is 4.95. The molecule has 0 aromatic rings. The van der Waals surface area contributed by atoms with Crippen LogP contribution in [0.3, 0.4) is 0 Å². The van der Waals surface area contributed by atoms with Crippen LogP contribution in [0.15, 0.2) is 5.28 Å². The fraction of sp³-hybridized carbons (Fsp3) is 1.00. The zero-order valence-electron chi connectivity index (χ0n) is 9.53. The van der Waals surface area contributed by atoms with Crippen molar-refractivity contribution in [1.29, 1.82) is 0 Å². The summed E-state index contributed by atoms with van der Waals surface area (Å²) in [4.78, 5) is 0.167. The van der Waals surface area contributed by atoms with Crippen LogP contribution < -0.4 is 5.32 Å². The number of hydrogen-bond acceptors (Lipinski definition) is 3. The Morgan fingerprint density at radius 3 is 1.71 bits per heavy atom. The molecule has 0 aromatic heterocycles. The minimum absolute atomic E-state index is 0.167. The first-order chi connectivity index (χ1) is 6.67. The summed E-state index contributed by atoms with van der Waals surface area (Å²) < 4.78 is 0. The lowest BCUT2D eigenvalue weighted by Crippen LogP contribution is -2.29. The highest BCUT2D eigenvalue weighted by Gasteiger charge is 2.04. The van der Waals surface area contributed by atoms with Crippen molar-refractivity contribution in [2.75, 3.05) is 26.2 Å². The number of rotatable bonds is 5. The Labute approximate surface area is 85.7 Å². The van der Waals surface area contributed by atoms with E-state index in [1.54, 1.807) is 13.8 Å². The van der Waals surface area contributed by atoms with E-state index in [-0.39, 0.29) is 4.97 Å². The van der Waals surface area contributed by atoms with Gasteiger partial charge >= 0.3 is 0 Å². The quantitative estimate of drug-likeness (QED) is 0.403. The van der Waals surface area contributed by atoms with Crippen LogP contribution in [-0.4, -0.2) is 41.4 Å². The Balaban J connectivity index is 0. The van der Waals surface area contributed by atoms with Crippen molar-refractivity contribution in [3.05, 3.63) is 5.21 Å². The van der Waals surface area contributed by atoms with E-state index in [2.05, 4.69) is 24.4 Å². The molecule has 0 aromatic carbocycles. The van der Waals surface area contributed by atoms with E-state index in [0.29, 0.717) is 13.1 Å². The molecule has 0 aliphatic rings. The van der Waals surface area contributed by atoms with Gasteiger partial charge < -0.3 is 15.7 Å². The molecule has 6 nitrogen and oxygen atoms in total. The molecule has 0 aliphatic carbocycles. The highest BCUT2D eigenvalue weighted by molar-refractivity contribution is 4.29. The minimum Gasteiger partial charge on any atom is -0.569 e. The van der Waals surface area contributed by atoms with Crippen molar-refractivity contribution in [2.24, 2.45) is 5.28 Å². The Morgan fingerprint density at radius 2 is 1.64 bits per heavy atom. The molecule has 0 radical (unpaired) electrons. The summed E-state index contributed by atoms with van der Waals surface area (Å²) in [7, 11) is 0. The maximum atomic E-state index is 10.4. The standard InChI is InChI=1S/C4H11N3O2.C4H11N/c1-3-6(4-2)7(9)5-8;1-3-5-4-2/h8H,3-4H2,1-2H3;5H,3-4H2,1-2H3/b7-5+;. The van der Waals surface area contributed by atoms with Crippen LogP contribution >= 0.6 is 0 Å². The van der Waals surface area contributed by atoms with Crippen molar-refractivity contribution in [3.8, 4) is 0 Å². The molecule has 14 heavy (non-hydrogen) atoms.